The van der Waals surface area contributed by atoms with Gasteiger partial charge >= 0.3 is 268 Å². The number of hydrogen-bond donors (Lipinski definition) is 0. The summed E-state index contributed by atoms with van der Waals surface area (Å²) in [6.07, 6.45) is 39.0. The van der Waals surface area contributed by atoms with Crippen LogP contribution in [0.15, 0.2) is 0 Å². The normalized spacial score (nSPS) is 12.5. The third kappa shape index (κ3) is 28.4. The summed E-state index contributed by atoms with van der Waals surface area (Å²) in [5.41, 5.74) is 0. The molecule has 0 fully saturated rings. The average molecular weight is 647 g/mol. The van der Waals surface area contributed by atoms with E-state index in [1.54, 1.807) is 0 Å². The Bertz CT molecular complexity index is 590. The molecule has 0 radical (unpaired) electrons. The molecule has 0 spiro atoms. The van der Waals surface area contributed by atoms with Gasteiger partial charge in [-0.2, -0.15) is 0 Å². The number of unbranched alkanes of at least 4 members (excludes halogenated alkanes) is 27. The zero-order valence-corrected chi connectivity index (χ0v) is 32.2. The van der Waals surface area contributed by atoms with E-state index < -0.39 is 16.1 Å². The van der Waals surface area contributed by atoms with Crippen LogP contribution in [-0.4, -0.2) is 12.7 Å². The van der Waals surface area contributed by atoms with Crippen LogP contribution in [0.1, 0.15) is 227 Å². The fraction of sp³-hybridized carbons (Fsp3) is 1.00. The van der Waals surface area contributed by atoms with Crippen molar-refractivity contribution >= 4 is 0 Å². The molecule has 43 heavy (non-hydrogen) atoms. The van der Waals surface area contributed by atoms with Crippen LogP contribution in [0.25, 0.3) is 0 Å². The van der Waals surface area contributed by atoms with Crippen LogP contribution in [0.4, 0.5) is 0 Å². The van der Waals surface area contributed by atoms with Gasteiger partial charge in [0.1, 0.15) is 0 Å². The van der Waals surface area contributed by atoms with Gasteiger partial charge < -0.3 is 0 Å². The van der Waals surface area contributed by atoms with Gasteiger partial charge in [-0.3, -0.25) is 0 Å². The minimum atomic E-state index is -4.73. The Balaban J connectivity index is 4.70. The van der Waals surface area contributed by atoms with E-state index in [2.05, 4.69) is 34.6 Å². The maximum atomic E-state index is 15.0. The predicted octanol–water partition coefficient (Wildman–Crippen LogP) is 14.9. The van der Waals surface area contributed by atoms with Gasteiger partial charge in [-0.25, -0.2) is 0 Å². The van der Waals surface area contributed by atoms with Crippen molar-refractivity contribution in [3.05, 3.63) is 0 Å². The minimum absolute atomic E-state index is 0.0338. The molecule has 0 saturated carbocycles. The van der Waals surface area contributed by atoms with Gasteiger partial charge in [0.05, 0.1) is 0 Å². The molecule has 0 aliphatic rings. The second kappa shape index (κ2) is 31.1. The maximum absolute atomic E-state index is 15.0. The van der Waals surface area contributed by atoms with E-state index in [1.165, 1.54) is 161 Å². The standard InChI is InChI=1S/C12H25O.2C12H25.C3H7O.O.Ti/c1-2-3-4-5-6-7-8-9-10-11-12-13;2*1-3-5-7-9-11-12-10-8-6-4-2;1-3(2)4;;/h2-12H2,1H3;2*1,3-12H2,2H3;3H,1-2H3;;/q-1;;;-1;;+2. The van der Waals surface area contributed by atoms with Crippen LogP contribution in [0, 0.1) is 0 Å². The molecule has 0 aromatic carbocycles. The molecule has 0 bridgehead atoms. The molecule has 0 N–H and O–H groups in total. The monoisotopic (exact) mass is 647 g/mol. The Morgan fingerprint density at radius 2 is 0.651 bits per heavy atom. The van der Waals surface area contributed by atoms with Crippen molar-refractivity contribution in [2.75, 3.05) is 6.61 Å². The van der Waals surface area contributed by atoms with Crippen molar-refractivity contribution in [2.45, 2.75) is 243 Å². The second-order valence-electron chi connectivity index (χ2n) is 14.4. The van der Waals surface area contributed by atoms with Crippen molar-refractivity contribution in [1.82, 2.24) is 0 Å². The summed E-state index contributed by atoms with van der Waals surface area (Å²) < 4.78 is 29.4. The van der Waals surface area contributed by atoms with Gasteiger partial charge in [-0.1, -0.05) is 6.92 Å². The summed E-state index contributed by atoms with van der Waals surface area (Å²) in [4.78, 5) is 0. The van der Waals surface area contributed by atoms with Gasteiger partial charge in [0.2, 0.25) is 0 Å². The molecule has 0 amide bonds. The number of hydrogen-bond acceptors (Lipinski definition) is 3. The molecule has 0 atom stereocenters. The third-order valence-corrected chi connectivity index (χ3v) is 16.4. The number of rotatable bonds is 36. The molecule has 0 rings (SSSR count). The molecular formula is C39H82O3Ti. The van der Waals surface area contributed by atoms with Gasteiger partial charge in [0.25, 0.3) is 0 Å². The Morgan fingerprint density at radius 1 is 0.395 bits per heavy atom. The Kier molecular flexibility index (Phi) is 31.4. The van der Waals surface area contributed by atoms with Gasteiger partial charge in [0.15, 0.2) is 0 Å². The first-order chi connectivity index (χ1) is 20.9. The van der Waals surface area contributed by atoms with Crippen LogP contribution in [-0.2, 0) is 26.0 Å². The van der Waals surface area contributed by atoms with Gasteiger partial charge in [0, 0.05) is 0 Å². The summed E-state index contributed by atoms with van der Waals surface area (Å²) in [5.74, 6) is 0. The van der Waals surface area contributed by atoms with Crippen molar-refractivity contribution in [3.8, 4) is 0 Å². The summed E-state index contributed by atoms with van der Waals surface area (Å²) in [6, 6.07) is 0. The summed E-state index contributed by atoms with van der Waals surface area (Å²) >= 11 is -4.73. The molecule has 0 aromatic rings. The van der Waals surface area contributed by atoms with E-state index in [4.69, 9.17) is 6.64 Å². The van der Waals surface area contributed by atoms with Crippen LogP contribution in [0.5, 0.6) is 0 Å². The molecule has 3 nitrogen and oxygen atoms in total. The van der Waals surface area contributed by atoms with E-state index in [-0.39, 0.29) is 6.10 Å². The Labute approximate surface area is 274 Å². The fourth-order valence-corrected chi connectivity index (χ4v) is 13.6. The van der Waals surface area contributed by atoms with E-state index >= 15 is 0 Å². The zero-order valence-electron chi connectivity index (χ0n) is 30.6. The van der Waals surface area contributed by atoms with E-state index in [1.807, 2.05) is 0 Å². The molecule has 0 unspecified atom stereocenters. The average Bonchev–Trinajstić information content (AvgIpc) is 2.97. The van der Waals surface area contributed by atoms with E-state index in [0.29, 0.717) is 16.1 Å². The molecule has 0 aromatic heterocycles. The quantitative estimate of drug-likeness (QED) is 0.0502. The molecule has 0 aliphatic carbocycles. The summed E-state index contributed by atoms with van der Waals surface area (Å²) in [7, 11) is 0. The third-order valence-electron chi connectivity index (χ3n) is 9.45. The SMILES string of the molecule is CCCCCCCCCCCC[O][Ti](=[O])([CH2]CCCCCCCCCCC)([CH2]CCCCCCCCCCC)[O]C(C)C. The summed E-state index contributed by atoms with van der Waals surface area (Å²) in [5, 5.41) is 0. The first kappa shape index (κ1) is 43.4. The van der Waals surface area contributed by atoms with Gasteiger partial charge in [-0.15, -0.1) is 0 Å². The molecule has 0 aliphatic heterocycles. The van der Waals surface area contributed by atoms with Crippen molar-refractivity contribution < 1.29 is 26.0 Å². The summed E-state index contributed by atoms with van der Waals surface area (Å²) in [6.45, 7) is 11.6. The molecule has 0 heterocycles. The second-order valence-corrected chi connectivity index (χ2v) is 21.1. The van der Waals surface area contributed by atoms with Crippen molar-refractivity contribution in [2.24, 2.45) is 0 Å². The Morgan fingerprint density at radius 3 is 0.930 bits per heavy atom. The fourth-order valence-electron chi connectivity index (χ4n) is 6.74. The predicted molar refractivity (Wildman–Crippen MR) is 188 cm³/mol. The Hall–Kier alpha value is 0.434. The van der Waals surface area contributed by atoms with Crippen LogP contribution in [0.3, 0.4) is 0 Å². The molecule has 0 saturated heterocycles. The van der Waals surface area contributed by atoms with Crippen LogP contribution in [0.2, 0.25) is 9.45 Å². The van der Waals surface area contributed by atoms with Crippen molar-refractivity contribution in [3.63, 3.8) is 0 Å². The van der Waals surface area contributed by atoms with E-state index in [9.17, 15) is 3.32 Å². The first-order valence-electron chi connectivity index (χ1n) is 20.1. The van der Waals surface area contributed by atoms with E-state index in [0.717, 1.165) is 32.1 Å². The molecular weight excluding hydrogens is 564 g/mol. The zero-order chi connectivity index (χ0) is 31.8. The topological polar surface area (TPSA) is 35.5 Å². The van der Waals surface area contributed by atoms with Crippen LogP contribution >= 0.6 is 0 Å². The molecule has 4 heteroatoms. The first-order valence-corrected chi connectivity index (χ1v) is 24.2. The van der Waals surface area contributed by atoms with Crippen LogP contribution < -0.4 is 0 Å². The van der Waals surface area contributed by atoms with Crippen molar-refractivity contribution in [1.29, 1.82) is 0 Å². The van der Waals surface area contributed by atoms with Gasteiger partial charge in [-0.05, 0) is 0 Å². The molecule has 260 valence electrons.